The molecule has 1 rings (SSSR count). The van der Waals surface area contributed by atoms with Crippen LogP contribution in [0.25, 0.3) is 0 Å². The predicted octanol–water partition coefficient (Wildman–Crippen LogP) is 2.58. The van der Waals surface area contributed by atoms with Gasteiger partial charge < -0.3 is 14.7 Å². The summed E-state index contributed by atoms with van der Waals surface area (Å²) in [6.07, 6.45) is 1.63. The fraction of sp³-hybridized carbons (Fsp3) is 0.375. The Morgan fingerprint density at radius 2 is 1.90 bits per heavy atom. The summed E-state index contributed by atoms with van der Waals surface area (Å²) in [6.45, 7) is 9.04. The Morgan fingerprint density at radius 1 is 1.33 bits per heavy atom. The maximum Gasteiger partial charge on any atom is 0.329 e. The van der Waals surface area contributed by atoms with Crippen LogP contribution >= 0.6 is 0 Å². The highest BCUT2D eigenvalue weighted by Gasteiger charge is 2.37. The van der Waals surface area contributed by atoms with Gasteiger partial charge in [-0.25, -0.2) is 4.79 Å². The highest BCUT2D eigenvalue weighted by Crippen LogP contribution is 2.20. The average molecular weight is 291 g/mol. The Kier molecular flexibility index (Phi) is 5.52. The molecule has 0 heterocycles. The lowest BCUT2D eigenvalue weighted by Crippen LogP contribution is -2.52. The lowest BCUT2D eigenvalue weighted by atomic mass is 10.0. The number of likely N-dealkylation sites (N-methyl/N-ethyl adjacent to an activating group) is 1. The molecule has 1 aromatic rings. The van der Waals surface area contributed by atoms with Gasteiger partial charge in [0.1, 0.15) is 17.9 Å². The number of nitrogens with zero attached hydrogens (tertiary/aromatic N) is 1. The number of carboxylic acid groups (broad SMARTS) is 1. The molecule has 0 aliphatic carbocycles. The molecule has 0 atom stereocenters. The van der Waals surface area contributed by atoms with Crippen LogP contribution in [-0.4, -0.2) is 40.6 Å². The number of rotatable bonds is 7. The number of carbonyl (C=O) groups is 2. The second-order valence-electron chi connectivity index (χ2n) is 5.04. The van der Waals surface area contributed by atoms with Crippen LogP contribution in [0.4, 0.5) is 0 Å². The third-order valence-corrected chi connectivity index (χ3v) is 3.23. The maximum absolute atomic E-state index is 12.5. The van der Waals surface area contributed by atoms with Crippen molar-refractivity contribution in [1.29, 1.82) is 0 Å². The van der Waals surface area contributed by atoms with Gasteiger partial charge in [-0.15, -0.1) is 0 Å². The standard InChI is InChI=1S/C16H21NO4/c1-5-11-21-13-9-7-12(8-10-13)14(18)17(6-2)16(3,4)15(19)20/h5,7-10H,1,6,11H2,2-4H3,(H,19,20). The van der Waals surface area contributed by atoms with E-state index in [0.717, 1.165) is 0 Å². The first-order valence-corrected chi connectivity index (χ1v) is 6.73. The van der Waals surface area contributed by atoms with Gasteiger partial charge in [-0.3, -0.25) is 4.79 Å². The van der Waals surface area contributed by atoms with Crippen LogP contribution in [0.5, 0.6) is 5.75 Å². The Hall–Kier alpha value is -2.30. The first kappa shape index (κ1) is 16.8. The lowest BCUT2D eigenvalue weighted by Gasteiger charge is -2.34. The van der Waals surface area contributed by atoms with Crippen LogP contribution in [0.2, 0.25) is 0 Å². The Bertz CT molecular complexity index is 520. The molecule has 0 saturated carbocycles. The first-order chi connectivity index (χ1) is 9.84. The summed E-state index contributed by atoms with van der Waals surface area (Å²) in [5, 5.41) is 9.26. The van der Waals surface area contributed by atoms with Crippen molar-refractivity contribution in [3.05, 3.63) is 42.5 Å². The maximum atomic E-state index is 12.5. The fourth-order valence-corrected chi connectivity index (χ4v) is 1.91. The van der Waals surface area contributed by atoms with Crippen molar-refractivity contribution < 1.29 is 19.4 Å². The van der Waals surface area contributed by atoms with E-state index in [0.29, 0.717) is 24.5 Å². The Balaban J connectivity index is 2.95. The highest BCUT2D eigenvalue weighted by atomic mass is 16.5. The molecule has 0 unspecified atom stereocenters. The minimum Gasteiger partial charge on any atom is -0.490 e. The average Bonchev–Trinajstić information content (AvgIpc) is 2.45. The number of aliphatic carboxylic acids is 1. The van der Waals surface area contributed by atoms with Gasteiger partial charge in [0.25, 0.3) is 5.91 Å². The van der Waals surface area contributed by atoms with Gasteiger partial charge in [0.15, 0.2) is 0 Å². The zero-order chi connectivity index (χ0) is 16.0. The molecule has 1 N–H and O–H groups in total. The highest BCUT2D eigenvalue weighted by molar-refractivity contribution is 5.97. The fourth-order valence-electron chi connectivity index (χ4n) is 1.91. The number of benzene rings is 1. The van der Waals surface area contributed by atoms with Crippen molar-refractivity contribution in [3.63, 3.8) is 0 Å². The van der Waals surface area contributed by atoms with Crippen molar-refractivity contribution in [2.45, 2.75) is 26.3 Å². The Labute approximate surface area is 124 Å². The molecule has 0 aromatic heterocycles. The van der Waals surface area contributed by atoms with E-state index in [1.807, 2.05) is 0 Å². The van der Waals surface area contributed by atoms with Gasteiger partial charge in [0, 0.05) is 12.1 Å². The van der Waals surface area contributed by atoms with Crippen molar-refractivity contribution in [2.24, 2.45) is 0 Å². The number of ether oxygens (including phenoxy) is 1. The third-order valence-electron chi connectivity index (χ3n) is 3.23. The van der Waals surface area contributed by atoms with Crippen LogP contribution in [-0.2, 0) is 4.79 Å². The number of hydrogen-bond donors (Lipinski definition) is 1. The first-order valence-electron chi connectivity index (χ1n) is 6.73. The monoisotopic (exact) mass is 291 g/mol. The van der Waals surface area contributed by atoms with Gasteiger partial charge in [-0.2, -0.15) is 0 Å². The molecule has 0 radical (unpaired) electrons. The molecule has 1 aromatic carbocycles. The van der Waals surface area contributed by atoms with Crippen molar-refractivity contribution in [1.82, 2.24) is 4.90 Å². The molecule has 114 valence electrons. The summed E-state index contributed by atoms with van der Waals surface area (Å²) in [5.74, 6) is -0.726. The van der Waals surface area contributed by atoms with Gasteiger partial charge in [-0.05, 0) is 45.0 Å². The molecule has 0 fully saturated rings. The summed E-state index contributed by atoms with van der Waals surface area (Å²) in [6, 6.07) is 6.61. The molecule has 0 saturated heterocycles. The zero-order valence-electron chi connectivity index (χ0n) is 12.6. The molecule has 5 heteroatoms. The molecular weight excluding hydrogens is 270 g/mol. The van der Waals surface area contributed by atoms with Crippen LogP contribution in [0.3, 0.4) is 0 Å². The minimum absolute atomic E-state index is 0.312. The van der Waals surface area contributed by atoms with E-state index >= 15 is 0 Å². The molecule has 21 heavy (non-hydrogen) atoms. The topological polar surface area (TPSA) is 66.8 Å². The van der Waals surface area contributed by atoms with Gasteiger partial charge in [0.05, 0.1) is 0 Å². The van der Waals surface area contributed by atoms with Crippen molar-refractivity contribution >= 4 is 11.9 Å². The molecule has 0 bridgehead atoms. The van der Waals surface area contributed by atoms with Crippen LogP contribution in [0.15, 0.2) is 36.9 Å². The smallest absolute Gasteiger partial charge is 0.329 e. The van der Waals surface area contributed by atoms with Gasteiger partial charge in [0.2, 0.25) is 0 Å². The minimum atomic E-state index is -1.26. The number of amides is 1. The van der Waals surface area contributed by atoms with Gasteiger partial charge in [-0.1, -0.05) is 12.7 Å². The molecular formula is C16H21NO4. The molecule has 0 spiro atoms. The van der Waals surface area contributed by atoms with E-state index in [4.69, 9.17) is 4.74 Å². The molecule has 0 aliphatic heterocycles. The number of carbonyl (C=O) groups excluding carboxylic acids is 1. The van der Waals surface area contributed by atoms with E-state index in [1.165, 1.54) is 18.7 Å². The number of carboxylic acids is 1. The second kappa shape index (κ2) is 6.92. The van der Waals surface area contributed by atoms with E-state index in [-0.39, 0.29) is 5.91 Å². The normalized spacial score (nSPS) is 10.8. The lowest BCUT2D eigenvalue weighted by molar-refractivity contribution is -0.147. The van der Waals surface area contributed by atoms with Crippen molar-refractivity contribution in [3.8, 4) is 5.75 Å². The second-order valence-corrected chi connectivity index (χ2v) is 5.04. The SMILES string of the molecule is C=CCOc1ccc(C(=O)N(CC)C(C)(C)C(=O)O)cc1. The van der Waals surface area contributed by atoms with Crippen LogP contribution in [0.1, 0.15) is 31.1 Å². The van der Waals surface area contributed by atoms with Crippen molar-refractivity contribution in [2.75, 3.05) is 13.2 Å². The summed E-state index contributed by atoms with van der Waals surface area (Å²) >= 11 is 0. The summed E-state index contributed by atoms with van der Waals surface area (Å²) in [5.41, 5.74) is -0.832. The zero-order valence-corrected chi connectivity index (χ0v) is 12.6. The Morgan fingerprint density at radius 3 is 2.33 bits per heavy atom. The summed E-state index contributed by atoms with van der Waals surface area (Å²) < 4.78 is 5.35. The molecule has 5 nitrogen and oxygen atoms in total. The molecule has 0 aliphatic rings. The van der Waals surface area contributed by atoms with E-state index in [1.54, 1.807) is 37.3 Å². The van der Waals surface area contributed by atoms with Crippen LogP contribution in [0, 0.1) is 0 Å². The number of hydrogen-bond acceptors (Lipinski definition) is 3. The van der Waals surface area contributed by atoms with E-state index < -0.39 is 11.5 Å². The third kappa shape index (κ3) is 3.84. The molecule has 1 amide bonds. The largest absolute Gasteiger partial charge is 0.490 e. The van der Waals surface area contributed by atoms with Gasteiger partial charge >= 0.3 is 5.97 Å². The van der Waals surface area contributed by atoms with E-state index in [2.05, 4.69) is 6.58 Å². The summed E-state index contributed by atoms with van der Waals surface area (Å²) in [7, 11) is 0. The van der Waals surface area contributed by atoms with E-state index in [9.17, 15) is 14.7 Å². The predicted molar refractivity (Wildman–Crippen MR) is 80.6 cm³/mol. The van der Waals surface area contributed by atoms with Crippen LogP contribution < -0.4 is 4.74 Å². The summed E-state index contributed by atoms with van der Waals surface area (Å²) in [4.78, 5) is 25.1. The quantitative estimate of drug-likeness (QED) is 0.784.